The maximum Gasteiger partial charge on any atom is 0.255 e. The van der Waals surface area contributed by atoms with Crippen molar-refractivity contribution in [3.63, 3.8) is 0 Å². The van der Waals surface area contributed by atoms with Crippen LogP contribution in [0.3, 0.4) is 0 Å². The summed E-state index contributed by atoms with van der Waals surface area (Å²) in [6.07, 6.45) is 0.949. The van der Waals surface area contributed by atoms with Crippen molar-refractivity contribution in [2.75, 3.05) is 18.4 Å². The number of hydrogen-bond donors (Lipinski definition) is 2. The Hall–Kier alpha value is -2.37. The molecule has 0 spiro atoms. The first-order chi connectivity index (χ1) is 9.56. The zero-order valence-electron chi connectivity index (χ0n) is 11.1. The molecule has 1 aromatic rings. The zero-order valence-corrected chi connectivity index (χ0v) is 11.1. The molecule has 1 aromatic carbocycles. The Kier molecular flexibility index (Phi) is 2.93. The molecule has 0 radical (unpaired) electrons. The van der Waals surface area contributed by atoms with Gasteiger partial charge in [0.15, 0.2) is 0 Å². The van der Waals surface area contributed by atoms with Crippen molar-refractivity contribution in [3.8, 4) is 0 Å². The molecule has 2 N–H and O–H groups in total. The fourth-order valence-corrected chi connectivity index (χ4v) is 2.55. The summed E-state index contributed by atoms with van der Waals surface area (Å²) in [7, 11) is 0. The van der Waals surface area contributed by atoms with Gasteiger partial charge in [-0.15, -0.1) is 0 Å². The Morgan fingerprint density at radius 1 is 1.35 bits per heavy atom. The van der Waals surface area contributed by atoms with E-state index in [0.29, 0.717) is 5.56 Å². The first-order valence-electron chi connectivity index (χ1n) is 6.58. The van der Waals surface area contributed by atoms with E-state index in [2.05, 4.69) is 10.6 Å². The van der Waals surface area contributed by atoms with Crippen LogP contribution in [0, 0.1) is 0 Å². The molecule has 2 aliphatic rings. The number of hydrogen-bond acceptors (Lipinski definition) is 4. The number of amides is 3. The summed E-state index contributed by atoms with van der Waals surface area (Å²) in [5.74, 6) is -1.17. The highest BCUT2D eigenvalue weighted by Crippen LogP contribution is 2.24. The van der Waals surface area contributed by atoms with Crippen molar-refractivity contribution in [1.82, 2.24) is 10.2 Å². The molecule has 0 bridgehead atoms. The van der Waals surface area contributed by atoms with Crippen LogP contribution < -0.4 is 10.6 Å². The van der Waals surface area contributed by atoms with Crippen LogP contribution in [-0.4, -0.2) is 41.8 Å². The second-order valence-corrected chi connectivity index (χ2v) is 5.07. The van der Waals surface area contributed by atoms with Crippen molar-refractivity contribution in [1.29, 1.82) is 0 Å². The number of carbonyl (C=O) groups excluding carboxylic acids is 3. The Morgan fingerprint density at radius 3 is 2.95 bits per heavy atom. The molecule has 6 heteroatoms. The minimum Gasteiger partial charge on any atom is -0.384 e. The molecular formula is C14H15N3O3. The van der Waals surface area contributed by atoms with Gasteiger partial charge in [-0.05, 0) is 31.0 Å². The van der Waals surface area contributed by atoms with Crippen LogP contribution in [0.4, 0.5) is 5.69 Å². The summed E-state index contributed by atoms with van der Waals surface area (Å²) in [6, 6.07) is 4.81. The highest BCUT2D eigenvalue weighted by Gasteiger charge is 2.34. The van der Waals surface area contributed by atoms with Crippen molar-refractivity contribution < 1.29 is 14.4 Å². The van der Waals surface area contributed by atoms with Gasteiger partial charge in [0.25, 0.3) is 5.91 Å². The van der Waals surface area contributed by atoms with Crippen LogP contribution in [-0.2, 0) is 16.0 Å². The van der Waals surface area contributed by atoms with E-state index in [4.69, 9.17) is 0 Å². The second-order valence-electron chi connectivity index (χ2n) is 5.07. The Bertz CT molecular complexity index is 612. The maximum atomic E-state index is 12.5. The number of benzene rings is 1. The van der Waals surface area contributed by atoms with Crippen LogP contribution >= 0.6 is 0 Å². The maximum absolute atomic E-state index is 12.5. The quantitative estimate of drug-likeness (QED) is 0.714. The van der Waals surface area contributed by atoms with Crippen LogP contribution in [0.5, 0.6) is 0 Å². The van der Waals surface area contributed by atoms with Gasteiger partial charge in [-0.2, -0.15) is 0 Å². The Balaban J connectivity index is 1.88. The third kappa shape index (κ3) is 2.03. The molecule has 1 fully saturated rings. The summed E-state index contributed by atoms with van der Waals surface area (Å²) in [4.78, 5) is 36.8. The number of piperazine rings is 1. The number of carbonyl (C=O) groups is 3. The molecule has 2 heterocycles. The molecule has 1 saturated heterocycles. The average molecular weight is 273 g/mol. The van der Waals surface area contributed by atoms with Gasteiger partial charge in [-0.1, -0.05) is 6.07 Å². The zero-order chi connectivity index (χ0) is 14.3. The van der Waals surface area contributed by atoms with Crippen molar-refractivity contribution in [2.45, 2.75) is 19.4 Å². The Morgan fingerprint density at radius 2 is 2.15 bits per heavy atom. The van der Waals surface area contributed by atoms with E-state index in [0.717, 1.165) is 18.7 Å². The topological polar surface area (TPSA) is 78.5 Å². The molecule has 1 atom stereocenters. The van der Waals surface area contributed by atoms with E-state index < -0.39 is 17.9 Å². The minimum absolute atomic E-state index is 0.0871. The van der Waals surface area contributed by atoms with E-state index in [1.165, 1.54) is 10.5 Å². The molecule has 0 aliphatic carbocycles. The van der Waals surface area contributed by atoms with E-state index in [1.807, 2.05) is 6.07 Å². The first kappa shape index (κ1) is 12.7. The summed E-state index contributed by atoms with van der Waals surface area (Å²) < 4.78 is 0. The number of fused-ring (bicyclic) bond motifs is 1. The third-order valence-corrected chi connectivity index (χ3v) is 3.75. The monoisotopic (exact) mass is 273 g/mol. The lowest BCUT2D eigenvalue weighted by Crippen LogP contribution is -2.58. The lowest BCUT2D eigenvalue weighted by molar-refractivity contribution is -0.138. The summed E-state index contributed by atoms with van der Waals surface area (Å²) >= 11 is 0. The van der Waals surface area contributed by atoms with E-state index in [-0.39, 0.29) is 12.5 Å². The summed E-state index contributed by atoms with van der Waals surface area (Å²) in [6.45, 7) is 2.40. The number of rotatable bonds is 1. The number of anilines is 1. The fourth-order valence-electron chi connectivity index (χ4n) is 2.55. The predicted octanol–water partition coefficient (Wildman–Crippen LogP) is 0.142. The molecule has 3 amide bonds. The molecule has 104 valence electrons. The second kappa shape index (κ2) is 4.63. The van der Waals surface area contributed by atoms with E-state index in [9.17, 15) is 14.4 Å². The molecule has 1 unspecified atom stereocenters. The minimum atomic E-state index is -0.638. The molecular weight excluding hydrogens is 258 g/mol. The molecule has 0 saturated carbocycles. The third-order valence-electron chi connectivity index (χ3n) is 3.75. The number of nitrogens with zero attached hydrogens (tertiary/aromatic N) is 1. The van der Waals surface area contributed by atoms with Gasteiger partial charge in [0.2, 0.25) is 11.8 Å². The molecule has 20 heavy (non-hydrogen) atoms. The van der Waals surface area contributed by atoms with Gasteiger partial charge in [0.05, 0.1) is 0 Å². The van der Waals surface area contributed by atoms with E-state index >= 15 is 0 Å². The van der Waals surface area contributed by atoms with Crippen LogP contribution in [0.2, 0.25) is 0 Å². The Labute approximate surface area is 116 Å². The fraction of sp³-hybridized carbons (Fsp3) is 0.357. The molecule has 2 aliphatic heterocycles. The van der Waals surface area contributed by atoms with Crippen LogP contribution in [0.1, 0.15) is 22.8 Å². The van der Waals surface area contributed by atoms with Crippen molar-refractivity contribution >= 4 is 23.4 Å². The van der Waals surface area contributed by atoms with Gasteiger partial charge in [0, 0.05) is 17.8 Å². The largest absolute Gasteiger partial charge is 0.384 e. The van der Waals surface area contributed by atoms with Crippen molar-refractivity contribution in [3.05, 3.63) is 29.3 Å². The van der Waals surface area contributed by atoms with Gasteiger partial charge < -0.3 is 10.2 Å². The molecule has 6 nitrogen and oxygen atoms in total. The SMILES string of the molecule is CC1C(=O)NC(=O)CN1C(=O)c1ccc2c(c1)NCC2. The first-order valence-corrected chi connectivity index (χ1v) is 6.58. The normalized spacial score (nSPS) is 21.2. The number of imide groups is 1. The highest BCUT2D eigenvalue weighted by atomic mass is 16.2. The van der Waals surface area contributed by atoms with Crippen molar-refractivity contribution in [2.24, 2.45) is 0 Å². The smallest absolute Gasteiger partial charge is 0.255 e. The van der Waals surface area contributed by atoms with Crippen LogP contribution in [0.25, 0.3) is 0 Å². The summed E-state index contributed by atoms with van der Waals surface area (Å²) in [5, 5.41) is 5.43. The molecule has 3 rings (SSSR count). The lowest BCUT2D eigenvalue weighted by Gasteiger charge is -2.31. The van der Waals surface area contributed by atoms with Gasteiger partial charge in [-0.3, -0.25) is 19.7 Å². The van der Waals surface area contributed by atoms with Gasteiger partial charge in [-0.25, -0.2) is 0 Å². The van der Waals surface area contributed by atoms with Gasteiger partial charge in [0.1, 0.15) is 12.6 Å². The molecule has 0 aromatic heterocycles. The standard InChI is InChI=1S/C14H15N3O3/c1-8-13(19)16-12(18)7-17(8)14(20)10-3-2-9-4-5-15-11(9)6-10/h2-3,6,8,15H,4-5,7H2,1H3,(H,16,18,19). The number of nitrogens with one attached hydrogen (secondary N) is 2. The van der Waals surface area contributed by atoms with Crippen LogP contribution in [0.15, 0.2) is 18.2 Å². The highest BCUT2D eigenvalue weighted by molar-refractivity contribution is 6.07. The average Bonchev–Trinajstić information content (AvgIpc) is 2.89. The lowest BCUT2D eigenvalue weighted by atomic mass is 10.1. The summed E-state index contributed by atoms with van der Waals surface area (Å²) in [5.41, 5.74) is 2.63. The van der Waals surface area contributed by atoms with E-state index in [1.54, 1.807) is 19.1 Å². The predicted molar refractivity (Wildman–Crippen MR) is 72.3 cm³/mol. The van der Waals surface area contributed by atoms with Gasteiger partial charge >= 0.3 is 0 Å².